The summed E-state index contributed by atoms with van der Waals surface area (Å²) in [4.78, 5) is 21.6. The fourth-order valence-corrected chi connectivity index (χ4v) is 1.57. The number of carbonyl (C=O) groups is 2. The van der Waals surface area contributed by atoms with Crippen LogP contribution in [0.5, 0.6) is 5.75 Å². The van der Waals surface area contributed by atoms with E-state index in [0.717, 1.165) is 0 Å². The average Bonchev–Trinajstić information content (AvgIpc) is 2.25. The molecule has 0 bridgehead atoms. The molecule has 0 heterocycles. The van der Waals surface area contributed by atoms with Crippen LogP contribution < -0.4 is 14.9 Å². The Hall–Kier alpha value is -1.69. The molecule has 0 aromatic heterocycles. The van der Waals surface area contributed by atoms with Crippen LogP contribution in [-0.4, -0.2) is 24.3 Å². The number of carboxylic acids is 2. The first-order chi connectivity index (χ1) is 7.56. The molecule has 1 aromatic rings. The van der Waals surface area contributed by atoms with Crippen molar-refractivity contribution in [2.45, 2.75) is 11.0 Å². The lowest BCUT2D eigenvalue weighted by atomic mass is 10.3. The Morgan fingerprint density at radius 3 is 2.31 bits per heavy atom. The monoisotopic (exact) mass is 240 g/mol. The van der Waals surface area contributed by atoms with E-state index in [1.54, 1.807) is 24.5 Å². The SMILES string of the molecule is CSc1ccccc1OC(C(=O)[O-])C(=O)[O-]. The van der Waals surface area contributed by atoms with Gasteiger partial charge in [-0.1, -0.05) is 12.1 Å². The lowest BCUT2D eigenvalue weighted by Crippen LogP contribution is -2.51. The van der Waals surface area contributed by atoms with Crippen molar-refractivity contribution in [1.82, 2.24) is 0 Å². The molecule has 1 aromatic carbocycles. The summed E-state index contributed by atoms with van der Waals surface area (Å²) < 4.78 is 4.81. The highest BCUT2D eigenvalue weighted by molar-refractivity contribution is 7.98. The highest BCUT2D eigenvalue weighted by Crippen LogP contribution is 2.27. The van der Waals surface area contributed by atoms with Crippen LogP contribution in [-0.2, 0) is 9.59 Å². The zero-order valence-electron chi connectivity index (χ0n) is 8.34. The number of hydrogen-bond donors (Lipinski definition) is 0. The van der Waals surface area contributed by atoms with Crippen molar-refractivity contribution in [1.29, 1.82) is 0 Å². The van der Waals surface area contributed by atoms with Gasteiger partial charge in [-0.15, -0.1) is 11.8 Å². The minimum absolute atomic E-state index is 0.174. The zero-order valence-corrected chi connectivity index (χ0v) is 9.15. The summed E-state index contributed by atoms with van der Waals surface area (Å²) in [5, 5.41) is 21.0. The van der Waals surface area contributed by atoms with E-state index in [2.05, 4.69) is 0 Å². The van der Waals surface area contributed by atoms with Gasteiger partial charge in [-0.25, -0.2) is 0 Å². The van der Waals surface area contributed by atoms with Crippen LogP contribution in [0, 0.1) is 0 Å². The van der Waals surface area contributed by atoms with Gasteiger partial charge in [0, 0.05) is 4.90 Å². The average molecular weight is 240 g/mol. The molecule has 6 heteroatoms. The minimum atomic E-state index is -2.10. The summed E-state index contributed by atoms with van der Waals surface area (Å²) in [5.74, 6) is -3.50. The van der Waals surface area contributed by atoms with Crippen LogP contribution in [0.3, 0.4) is 0 Å². The second kappa shape index (κ2) is 5.41. The number of carbonyl (C=O) groups excluding carboxylic acids is 2. The molecule has 5 nitrogen and oxygen atoms in total. The molecule has 0 spiro atoms. The summed E-state index contributed by atoms with van der Waals surface area (Å²) in [7, 11) is 0. The fourth-order valence-electron chi connectivity index (χ4n) is 1.04. The lowest BCUT2D eigenvalue weighted by molar-refractivity contribution is -0.334. The number of thioether (sulfide) groups is 1. The predicted octanol–water partition coefficient (Wildman–Crippen LogP) is -1.34. The van der Waals surface area contributed by atoms with Gasteiger partial charge in [0.05, 0.1) is 11.9 Å². The molecule has 0 atom stereocenters. The third-order valence-corrected chi connectivity index (χ3v) is 2.52. The highest BCUT2D eigenvalue weighted by Gasteiger charge is 2.14. The molecule has 16 heavy (non-hydrogen) atoms. The van der Waals surface area contributed by atoms with Gasteiger partial charge in [-0.2, -0.15) is 0 Å². The Morgan fingerprint density at radius 2 is 1.81 bits per heavy atom. The number of benzene rings is 1. The van der Waals surface area contributed by atoms with Crippen molar-refractivity contribution in [2.24, 2.45) is 0 Å². The molecule has 86 valence electrons. The van der Waals surface area contributed by atoms with Crippen LogP contribution in [0.1, 0.15) is 0 Å². The molecule has 0 saturated heterocycles. The lowest BCUT2D eigenvalue weighted by Gasteiger charge is -2.21. The molecular formula is C10H8O5S-2. The first kappa shape index (κ1) is 12.4. The van der Waals surface area contributed by atoms with Gasteiger partial charge in [0.25, 0.3) is 0 Å². The molecule has 0 unspecified atom stereocenters. The first-order valence-corrected chi connectivity index (χ1v) is 5.50. The summed E-state index contributed by atoms with van der Waals surface area (Å²) in [6, 6.07) is 6.49. The highest BCUT2D eigenvalue weighted by atomic mass is 32.2. The van der Waals surface area contributed by atoms with Gasteiger partial charge in [-0.05, 0) is 18.4 Å². The Labute approximate surface area is 96.0 Å². The third-order valence-electron chi connectivity index (χ3n) is 1.74. The number of ether oxygens (including phenoxy) is 1. The smallest absolute Gasteiger partial charge is 0.177 e. The van der Waals surface area contributed by atoms with E-state index in [1.807, 2.05) is 0 Å². The van der Waals surface area contributed by atoms with Crippen LogP contribution in [0.15, 0.2) is 29.2 Å². The molecule has 0 radical (unpaired) electrons. The van der Waals surface area contributed by atoms with Crippen molar-refractivity contribution in [2.75, 3.05) is 6.26 Å². The van der Waals surface area contributed by atoms with Gasteiger partial charge in [0.2, 0.25) is 0 Å². The quantitative estimate of drug-likeness (QED) is 0.467. The number of hydrogen-bond acceptors (Lipinski definition) is 6. The molecule has 0 N–H and O–H groups in total. The van der Waals surface area contributed by atoms with Gasteiger partial charge in [-0.3, -0.25) is 0 Å². The Kier molecular flexibility index (Phi) is 4.19. The van der Waals surface area contributed by atoms with Gasteiger partial charge < -0.3 is 24.5 Å². The maximum absolute atomic E-state index is 10.5. The molecule has 1 rings (SSSR count). The van der Waals surface area contributed by atoms with E-state index < -0.39 is 18.0 Å². The fraction of sp³-hybridized carbons (Fsp3) is 0.200. The second-order valence-electron chi connectivity index (χ2n) is 2.79. The Balaban J connectivity index is 2.93. The number of aliphatic carboxylic acids is 2. The molecule has 0 fully saturated rings. The maximum Gasteiger partial charge on any atom is 0.177 e. The van der Waals surface area contributed by atoms with Crippen molar-refractivity contribution < 1.29 is 24.5 Å². The van der Waals surface area contributed by atoms with Crippen molar-refractivity contribution in [3.63, 3.8) is 0 Å². The maximum atomic E-state index is 10.5. The van der Waals surface area contributed by atoms with Crippen molar-refractivity contribution in [3.8, 4) is 5.75 Å². The summed E-state index contributed by atoms with van der Waals surface area (Å²) in [5.41, 5.74) is 0. The Morgan fingerprint density at radius 1 is 1.25 bits per heavy atom. The Bertz CT molecular complexity index is 390. The van der Waals surface area contributed by atoms with Crippen molar-refractivity contribution >= 4 is 23.7 Å². The number of para-hydroxylation sites is 1. The minimum Gasteiger partial charge on any atom is -0.546 e. The summed E-state index contributed by atoms with van der Waals surface area (Å²) >= 11 is 1.31. The van der Waals surface area contributed by atoms with E-state index in [9.17, 15) is 19.8 Å². The van der Waals surface area contributed by atoms with Gasteiger partial charge in [0.15, 0.2) is 6.10 Å². The molecular weight excluding hydrogens is 232 g/mol. The van der Waals surface area contributed by atoms with Crippen LogP contribution in [0.4, 0.5) is 0 Å². The van der Waals surface area contributed by atoms with E-state index in [0.29, 0.717) is 4.90 Å². The first-order valence-electron chi connectivity index (χ1n) is 4.27. The van der Waals surface area contributed by atoms with Gasteiger partial charge in [0.1, 0.15) is 5.75 Å². The van der Waals surface area contributed by atoms with Crippen LogP contribution in [0.2, 0.25) is 0 Å². The predicted molar refractivity (Wildman–Crippen MR) is 52.7 cm³/mol. The topological polar surface area (TPSA) is 89.5 Å². The van der Waals surface area contributed by atoms with Crippen LogP contribution in [0.25, 0.3) is 0 Å². The number of carboxylic acid groups (broad SMARTS) is 2. The zero-order chi connectivity index (χ0) is 12.1. The summed E-state index contributed by atoms with van der Waals surface area (Å²) in [6.45, 7) is 0. The molecule has 0 aliphatic rings. The molecule has 0 amide bonds. The van der Waals surface area contributed by atoms with E-state index in [-0.39, 0.29) is 5.75 Å². The van der Waals surface area contributed by atoms with Crippen LogP contribution >= 0.6 is 11.8 Å². The second-order valence-corrected chi connectivity index (χ2v) is 3.63. The van der Waals surface area contributed by atoms with E-state index in [1.165, 1.54) is 17.8 Å². The molecule has 0 aliphatic heterocycles. The van der Waals surface area contributed by atoms with E-state index >= 15 is 0 Å². The number of rotatable bonds is 5. The van der Waals surface area contributed by atoms with Crippen molar-refractivity contribution in [3.05, 3.63) is 24.3 Å². The third kappa shape index (κ3) is 2.90. The standard InChI is InChI=1S/C10H10O5S/c1-16-7-5-3-2-4-6(7)15-8(9(11)12)10(13)14/h2-5,8H,1H3,(H,11,12)(H,13,14)/p-2. The largest absolute Gasteiger partial charge is 0.546 e. The van der Waals surface area contributed by atoms with E-state index in [4.69, 9.17) is 4.74 Å². The normalized spacial score (nSPS) is 10.1. The molecule has 0 aliphatic carbocycles. The summed E-state index contributed by atoms with van der Waals surface area (Å²) in [6.07, 6.45) is -0.344. The molecule has 0 saturated carbocycles. The van der Waals surface area contributed by atoms with Gasteiger partial charge >= 0.3 is 0 Å².